The molecule has 0 radical (unpaired) electrons. The third-order valence-electron chi connectivity index (χ3n) is 4.66. The van der Waals surface area contributed by atoms with Crippen LogP contribution in [0.15, 0.2) is 24.3 Å². The van der Waals surface area contributed by atoms with E-state index in [9.17, 15) is 5.11 Å². The maximum Gasteiger partial charge on any atom is 0.0600 e. The van der Waals surface area contributed by atoms with Crippen LogP contribution in [-0.2, 0) is 0 Å². The fourth-order valence-corrected chi connectivity index (χ4v) is 3.44. The smallest absolute Gasteiger partial charge is 0.0600 e. The molecule has 1 heterocycles. The maximum absolute atomic E-state index is 9.54. The van der Waals surface area contributed by atoms with Crippen LogP contribution < -0.4 is 10.6 Å². The summed E-state index contributed by atoms with van der Waals surface area (Å²) in [6, 6.07) is 8.04. The van der Waals surface area contributed by atoms with Gasteiger partial charge in [0.05, 0.1) is 11.4 Å². The highest BCUT2D eigenvalue weighted by atomic mass is 16.3. The third-order valence-corrected chi connectivity index (χ3v) is 4.66. The molecule has 1 aromatic carbocycles. The highest BCUT2D eigenvalue weighted by Crippen LogP contribution is 2.52. The first-order chi connectivity index (χ1) is 8.25. The maximum atomic E-state index is 9.54. The van der Waals surface area contributed by atoms with Crippen LogP contribution in [0.25, 0.3) is 0 Å². The Morgan fingerprint density at radius 1 is 1.35 bits per heavy atom. The Hall–Kier alpha value is -1.22. The monoisotopic (exact) mass is 232 g/mol. The van der Waals surface area contributed by atoms with Gasteiger partial charge >= 0.3 is 0 Å². The number of para-hydroxylation sites is 2. The quantitative estimate of drug-likeness (QED) is 0.765. The molecule has 3 heteroatoms. The standard InChI is InChI=1S/C14H20N2O/c15-12-4-1-2-5-13(12)16-8-11(9-17)14(10-16)6-3-7-14/h1-2,4-5,11,17H,3,6-10,15H2/t11-/m0/s1. The van der Waals surface area contributed by atoms with E-state index in [1.54, 1.807) is 0 Å². The second-order valence-electron chi connectivity index (χ2n) is 5.53. The molecule has 0 amide bonds. The van der Waals surface area contributed by atoms with Crippen LogP contribution >= 0.6 is 0 Å². The number of aliphatic hydroxyl groups excluding tert-OH is 1. The molecule has 1 atom stereocenters. The molecule has 2 aliphatic rings. The number of hydrogen-bond acceptors (Lipinski definition) is 3. The highest BCUT2D eigenvalue weighted by molar-refractivity contribution is 5.68. The van der Waals surface area contributed by atoms with E-state index in [2.05, 4.69) is 11.0 Å². The minimum absolute atomic E-state index is 0.309. The molecule has 1 saturated carbocycles. The van der Waals surface area contributed by atoms with Gasteiger partial charge in [-0.1, -0.05) is 18.6 Å². The largest absolute Gasteiger partial charge is 0.397 e. The van der Waals surface area contributed by atoms with E-state index in [0.717, 1.165) is 24.5 Å². The minimum atomic E-state index is 0.309. The summed E-state index contributed by atoms with van der Waals surface area (Å²) in [5.74, 6) is 0.427. The molecule has 0 bridgehead atoms. The number of hydrogen-bond donors (Lipinski definition) is 2. The van der Waals surface area contributed by atoms with Gasteiger partial charge in [0.2, 0.25) is 0 Å². The molecule has 1 aromatic rings. The lowest BCUT2D eigenvalue weighted by Gasteiger charge is -2.42. The van der Waals surface area contributed by atoms with Crippen molar-refractivity contribution >= 4 is 11.4 Å². The van der Waals surface area contributed by atoms with Crippen molar-refractivity contribution in [1.82, 2.24) is 0 Å². The molecular weight excluding hydrogens is 212 g/mol. The number of benzene rings is 1. The predicted molar refractivity (Wildman–Crippen MR) is 69.9 cm³/mol. The van der Waals surface area contributed by atoms with Gasteiger partial charge < -0.3 is 15.7 Å². The topological polar surface area (TPSA) is 49.5 Å². The Balaban J connectivity index is 1.85. The summed E-state index contributed by atoms with van der Waals surface area (Å²) in [6.45, 7) is 2.32. The molecule has 1 aliphatic carbocycles. The lowest BCUT2D eigenvalue weighted by molar-refractivity contribution is 0.0571. The summed E-state index contributed by atoms with van der Waals surface area (Å²) in [7, 11) is 0. The fraction of sp³-hybridized carbons (Fsp3) is 0.571. The number of rotatable bonds is 2. The lowest BCUT2D eigenvalue weighted by atomic mass is 9.63. The number of anilines is 2. The highest BCUT2D eigenvalue weighted by Gasteiger charge is 2.50. The van der Waals surface area contributed by atoms with E-state index in [-0.39, 0.29) is 0 Å². The molecule has 92 valence electrons. The molecular formula is C14H20N2O. The second kappa shape index (κ2) is 3.91. The molecule has 3 nitrogen and oxygen atoms in total. The van der Waals surface area contributed by atoms with Crippen molar-refractivity contribution in [2.24, 2.45) is 11.3 Å². The zero-order valence-electron chi connectivity index (χ0n) is 10.1. The van der Waals surface area contributed by atoms with E-state index in [1.807, 2.05) is 18.2 Å². The number of nitrogen functional groups attached to an aromatic ring is 1. The van der Waals surface area contributed by atoms with Crippen LogP contribution in [0, 0.1) is 11.3 Å². The van der Waals surface area contributed by atoms with E-state index >= 15 is 0 Å². The van der Waals surface area contributed by atoms with Crippen molar-refractivity contribution in [2.75, 3.05) is 30.3 Å². The number of nitrogens with two attached hydrogens (primary N) is 1. The van der Waals surface area contributed by atoms with Crippen molar-refractivity contribution in [2.45, 2.75) is 19.3 Å². The van der Waals surface area contributed by atoms with Crippen LogP contribution in [0.3, 0.4) is 0 Å². The van der Waals surface area contributed by atoms with Crippen molar-refractivity contribution in [3.8, 4) is 0 Å². The van der Waals surface area contributed by atoms with Gasteiger partial charge in [-0.05, 0) is 30.4 Å². The van der Waals surface area contributed by atoms with Gasteiger partial charge in [0.25, 0.3) is 0 Å². The normalized spacial score (nSPS) is 26.2. The number of nitrogens with zero attached hydrogens (tertiary/aromatic N) is 1. The van der Waals surface area contributed by atoms with Gasteiger partial charge in [-0.3, -0.25) is 0 Å². The van der Waals surface area contributed by atoms with Gasteiger partial charge in [0.15, 0.2) is 0 Å². The zero-order valence-corrected chi connectivity index (χ0v) is 10.1. The van der Waals surface area contributed by atoms with Crippen molar-refractivity contribution < 1.29 is 5.11 Å². The van der Waals surface area contributed by atoms with E-state index in [0.29, 0.717) is 17.9 Å². The predicted octanol–water partition coefficient (Wildman–Crippen LogP) is 1.87. The van der Waals surface area contributed by atoms with E-state index < -0.39 is 0 Å². The molecule has 1 aliphatic heterocycles. The van der Waals surface area contributed by atoms with Crippen LogP contribution in [0.2, 0.25) is 0 Å². The van der Waals surface area contributed by atoms with Gasteiger partial charge in [-0.15, -0.1) is 0 Å². The first-order valence-corrected chi connectivity index (χ1v) is 6.45. The number of aliphatic hydroxyl groups is 1. The Bertz CT molecular complexity index is 414. The van der Waals surface area contributed by atoms with Crippen molar-refractivity contribution in [3.63, 3.8) is 0 Å². The van der Waals surface area contributed by atoms with Gasteiger partial charge in [0.1, 0.15) is 0 Å². The molecule has 1 spiro atoms. The molecule has 0 unspecified atom stereocenters. The van der Waals surface area contributed by atoms with Crippen LogP contribution in [-0.4, -0.2) is 24.8 Å². The fourth-order valence-electron chi connectivity index (χ4n) is 3.44. The van der Waals surface area contributed by atoms with Crippen LogP contribution in [0.5, 0.6) is 0 Å². The van der Waals surface area contributed by atoms with E-state index in [1.165, 1.54) is 19.3 Å². The summed E-state index contributed by atoms with van der Waals surface area (Å²) >= 11 is 0. The first-order valence-electron chi connectivity index (χ1n) is 6.45. The summed E-state index contributed by atoms with van der Waals surface area (Å²) in [5, 5.41) is 9.54. The van der Waals surface area contributed by atoms with Crippen molar-refractivity contribution in [1.29, 1.82) is 0 Å². The van der Waals surface area contributed by atoms with Gasteiger partial charge in [-0.2, -0.15) is 0 Å². The second-order valence-corrected chi connectivity index (χ2v) is 5.53. The summed E-state index contributed by atoms with van der Waals surface area (Å²) in [4.78, 5) is 2.36. The molecule has 17 heavy (non-hydrogen) atoms. The van der Waals surface area contributed by atoms with E-state index in [4.69, 9.17) is 5.73 Å². The lowest BCUT2D eigenvalue weighted by Crippen LogP contribution is -2.38. The third kappa shape index (κ3) is 1.61. The van der Waals surface area contributed by atoms with Crippen LogP contribution in [0.4, 0.5) is 11.4 Å². The Morgan fingerprint density at radius 2 is 2.12 bits per heavy atom. The van der Waals surface area contributed by atoms with Gasteiger partial charge in [0, 0.05) is 25.6 Å². The van der Waals surface area contributed by atoms with Crippen LogP contribution in [0.1, 0.15) is 19.3 Å². The molecule has 3 N–H and O–H groups in total. The van der Waals surface area contributed by atoms with Gasteiger partial charge in [-0.25, -0.2) is 0 Å². The van der Waals surface area contributed by atoms with Crippen molar-refractivity contribution in [3.05, 3.63) is 24.3 Å². The average molecular weight is 232 g/mol. The zero-order chi connectivity index (χ0) is 11.9. The minimum Gasteiger partial charge on any atom is -0.397 e. The summed E-state index contributed by atoms with van der Waals surface area (Å²) < 4.78 is 0. The summed E-state index contributed by atoms with van der Waals surface area (Å²) in [6.07, 6.45) is 3.84. The summed E-state index contributed by atoms with van der Waals surface area (Å²) in [5.41, 5.74) is 8.38. The molecule has 0 aromatic heterocycles. The molecule has 1 saturated heterocycles. The Kier molecular flexibility index (Phi) is 2.51. The molecule has 3 rings (SSSR count). The first kappa shape index (κ1) is 10.9. The molecule has 2 fully saturated rings. The Labute approximate surface area is 102 Å². The Morgan fingerprint density at radius 3 is 2.65 bits per heavy atom. The average Bonchev–Trinajstić information content (AvgIpc) is 2.69. The SMILES string of the molecule is Nc1ccccc1N1C[C@@H](CO)C2(CCC2)C1.